The first-order valence-electron chi connectivity index (χ1n) is 2.96. The summed E-state index contributed by atoms with van der Waals surface area (Å²) < 4.78 is 12.7. The first-order chi connectivity index (χ1) is 5.11. The number of anilines is 1. The molecule has 0 aliphatic carbocycles. The molecule has 0 aliphatic rings. The lowest BCUT2D eigenvalue weighted by Gasteiger charge is -1.98. The predicted molar refractivity (Wildman–Crippen MR) is 46.6 cm³/mol. The fourth-order valence-electron chi connectivity index (χ4n) is 0.732. The second kappa shape index (κ2) is 3.92. The number of nitrogens with two attached hydrogens (primary N) is 2. The van der Waals surface area contributed by atoms with Gasteiger partial charge in [-0.05, 0) is 18.2 Å². The van der Waals surface area contributed by atoms with Crippen LogP contribution in [0.2, 0.25) is 0 Å². The van der Waals surface area contributed by atoms with E-state index >= 15 is 0 Å². The molecule has 0 aliphatic heterocycles. The van der Waals surface area contributed by atoms with Crippen LogP contribution in [0.25, 0.3) is 0 Å². The summed E-state index contributed by atoms with van der Waals surface area (Å²) in [4.78, 5) is 10.5. The van der Waals surface area contributed by atoms with Crippen LogP contribution in [0, 0.1) is 5.82 Å². The molecule has 66 valence electrons. The number of halogens is 2. The third kappa shape index (κ3) is 2.10. The van der Waals surface area contributed by atoms with Crippen LogP contribution in [0.4, 0.5) is 10.1 Å². The van der Waals surface area contributed by atoms with Crippen molar-refractivity contribution >= 4 is 24.0 Å². The summed E-state index contributed by atoms with van der Waals surface area (Å²) in [6, 6.07) is 3.68. The van der Waals surface area contributed by atoms with Crippen molar-refractivity contribution in [2.75, 3.05) is 5.73 Å². The Labute approximate surface area is 75.0 Å². The molecule has 1 rings (SSSR count). The van der Waals surface area contributed by atoms with Crippen molar-refractivity contribution in [1.82, 2.24) is 0 Å². The zero-order chi connectivity index (χ0) is 8.43. The number of amides is 1. The lowest BCUT2D eigenvalue weighted by molar-refractivity contribution is 0.0996. The third-order valence-electron chi connectivity index (χ3n) is 1.26. The van der Waals surface area contributed by atoms with Gasteiger partial charge in [0.1, 0.15) is 5.82 Å². The number of nitrogen functional groups attached to an aromatic ring is 1. The Morgan fingerprint density at radius 2 is 2.00 bits per heavy atom. The minimum Gasteiger partial charge on any atom is -0.399 e. The highest BCUT2D eigenvalue weighted by Gasteiger charge is 2.06. The zero-order valence-corrected chi connectivity index (χ0v) is 6.90. The van der Waals surface area contributed by atoms with Crippen molar-refractivity contribution in [3.63, 3.8) is 0 Å². The first-order valence-corrected chi connectivity index (χ1v) is 2.96. The number of primary amides is 1. The molecule has 4 N–H and O–H groups in total. The van der Waals surface area contributed by atoms with Crippen molar-refractivity contribution in [3.8, 4) is 0 Å². The Kier molecular flexibility index (Phi) is 3.50. The first kappa shape index (κ1) is 10.7. The lowest BCUT2D eigenvalue weighted by atomic mass is 10.2. The largest absolute Gasteiger partial charge is 0.399 e. The van der Waals surface area contributed by atoms with E-state index in [-0.39, 0.29) is 18.0 Å². The highest BCUT2D eigenvalue weighted by molar-refractivity contribution is 5.93. The molecule has 5 heteroatoms. The van der Waals surface area contributed by atoms with E-state index < -0.39 is 11.7 Å². The van der Waals surface area contributed by atoms with Gasteiger partial charge in [-0.3, -0.25) is 4.79 Å². The van der Waals surface area contributed by atoms with E-state index in [9.17, 15) is 9.18 Å². The van der Waals surface area contributed by atoms with Gasteiger partial charge in [0.15, 0.2) is 0 Å². The number of rotatable bonds is 1. The van der Waals surface area contributed by atoms with Crippen molar-refractivity contribution < 1.29 is 9.18 Å². The average Bonchev–Trinajstić information content (AvgIpc) is 1.94. The van der Waals surface area contributed by atoms with E-state index in [1.807, 2.05) is 0 Å². The Bertz CT molecular complexity index is 303. The van der Waals surface area contributed by atoms with Gasteiger partial charge in [0, 0.05) is 5.69 Å². The van der Waals surface area contributed by atoms with Crippen LogP contribution in [-0.4, -0.2) is 5.91 Å². The van der Waals surface area contributed by atoms with E-state index in [0.717, 1.165) is 6.07 Å². The predicted octanol–water partition coefficient (Wildman–Crippen LogP) is 0.929. The molecule has 0 atom stereocenters. The van der Waals surface area contributed by atoms with Crippen molar-refractivity contribution in [2.45, 2.75) is 0 Å². The summed E-state index contributed by atoms with van der Waals surface area (Å²) >= 11 is 0. The molecule has 0 radical (unpaired) electrons. The Morgan fingerprint density at radius 3 is 2.42 bits per heavy atom. The Morgan fingerprint density at radius 1 is 1.42 bits per heavy atom. The van der Waals surface area contributed by atoms with Gasteiger partial charge in [0.2, 0.25) is 0 Å². The molecule has 0 spiro atoms. The van der Waals surface area contributed by atoms with E-state index in [1.54, 1.807) is 0 Å². The molecule has 1 aromatic carbocycles. The highest BCUT2D eigenvalue weighted by Crippen LogP contribution is 2.10. The standard InChI is InChI=1S/C7H7FN2O.ClH/c8-6-2-1-4(9)3-5(6)7(10)11;/h1-3H,9H2,(H2,10,11);1H. The second-order valence-electron chi connectivity index (χ2n) is 2.10. The topological polar surface area (TPSA) is 69.1 Å². The number of carbonyl (C=O) groups is 1. The molecule has 1 aromatic rings. The molecule has 0 saturated heterocycles. The van der Waals surface area contributed by atoms with Crippen molar-refractivity contribution in [3.05, 3.63) is 29.6 Å². The molecule has 0 unspecified atom stereocenters. The maximum Gasteiger partial charge on any atom is 0.251 e. The van der Waals surface area contributed by atoms with E-state index in [2.05, 4.69) is 0 Å². The minimum atomic E-state index is -0.810. The summed E-state index contributed by atoms with van der Waals surface area (Å²) in [6.45, 7) is 0. The summed E-state index contributed by atoms with van der Waals surface area (Å²) in [5, 5.41) is 0. The third-order valence-corrected chi connectivity index (χ3v) is 1.26. The Balaban J connectivity index is 0.00000121. The summed E-state index contributed by atoms with van der Waals surface area (Å²) in [5.74, 6) is -1.46. The molecule has 0 saturated carbocycles. The van der Waals surface area contributed by atoms with E-state index in [4.69, 9.17) is 11.5 Å². The fraction of sp³-hybridized carbons (Fsp3) is 0. The number of hydrogen-bond donors (Lipinski definition) is 2. The van der Waals surface area contributed by atoms with Gasteiger partial charge >= 0.3 is 0 Å². The van der Waals surface area contributed by atoms with Gasteiger partial charge in [-0.2, -0.15) is 0 Å². The molecule has 3 nitrogen and oxygen atoms in total. The molecular weight excluding hydrogens is 183 g/mol. The van der Waals surface area contributed by atoms with Crippen LogP contribution >= 0.6 is 12.4 Å². The van der Waals surface area contributed by atoms with Gasteiger partial charge in [0.05, 0.1) is 5.56 Å². The highest BCUT2D eigenvalue weighted by atomic mass is 35.5. The maximum absolute atomic E-state index is 12.7. The molecule has 1 amide bonds. The molecule has 12 heavy (non-hydrogen) atoms. The number of hydrogen-bond acceptors (Lipinski definition) is 2. The van der Waals surface area contributed by atoms with Crippen molar-refractivity contribution in [2.24, 2.45) is 5.73 Å². The zero-order valence-electron chi connectivity index (χ0n) is 6.08. The van der Waals surface area contributed by atoms with Gasteiger partial charge < -0.3 is 11.5 Å². The van der Waals surface area contributed by atoms with Crippen molar-refractivity contribution in [1.29, 1.82) is 0 Å². The number of benzene rings is 1. The van der Waals surface area contributed by atoms with E-state index in [0.29, 0.717) is 5.69 Å². The fourth-order valence-corrected chi connectivity index (χ4v) is 0.732. The quantitative estimate of drug-likeness (QED) is 0.647. The van der Waals surface area contributed by atoms with Gasteiger partial charge in [-0.15, -0.1) is 12.4 Å². The molecule has 0 bridgehead atoms. The SMILES string of the molecule is Cl.NC(=O)c1cc(N)ccc1F. The monoisotopic (exact) mass is 190 g/mol. The van der Waals surface area contributed by atoms with Gasteiger partial charge in [-0.25, -0.2) is 4.39 Å². The van der Waals surface area contributed by atoms with Crippen LogP contribution in [-0.2, 0) is 0 Å². The Hall–Kier alpha value is -1.29. The summed E-state index contributed by atoms with van der Waals surface area (Å²) in [6.07, 6.45) is 0. The maximum atomic E-state index is 12.7. The summed E-state index contributed by atoms with van der Waals surface area (Å²) in [5.41, 5.74) is 10.3. The van der Waals surface area contributed by atoms with Crippen LogP contribution < -0.4 is 11.5 Å². The van der Waals surface area contributed by atoms with E-state index in [1.165, 1.54) is 12.1 Å². The molecular formula is C7H8ClFN2O. The smallest absolute Gasteiger partial charge is 0.251 e. The number of carbonyl (C=O) groups excluding carboxylic acids is 1. The molecule has 0 heterocycles. The van der Waals surface area contributed by atoms with Crippen LogP contribution in [0.5, 0.6) is 0 Å². The molecule has 0 aromatic heterocycles. The molecule has 0 fully saturated rings. The normalized spacial score (nSPS) is 8.75. The summed E-state index contributed by atoms with van der Waals surface area (Å²) in [7, 11) is 0. The minimum absolute atomic E-state index is 0. The van der Waals surface area contributed by atoms with Crippen LogP contribution in [0.15, 0.2) is 18.2 Å². The van der Waals surface area contributed by atoms with Crippen LogP contribution in [0.1, 0.15) is 10.4 Å². The second-order valence-corrected chi connectivity index (χ2v) is 2.10. The van der Waals surface area contributed by atoms with Crippen LogP contribution in [0.3, 0.4) is 0 Å². The lowest BCUT2D eigenvalue weighted by Crippen LogP contribution is -2.13. The average molecular weight is 191 g/mol. The van der Waals surface area contributed by atoms with Gasteiger partial charge in [0.25, 0.3) is 5.91 Å². The van der Waals surface area contributed by atoms with Gasteiger partial charge in [-0.1, -0.05) is 0 Å².